The summed E-state index contributed by atoms with van der Waals surface area (Å²) in [7, 11) is 1.97. The summed E-state index contributed by atoms with van der Waals surface area (Å²) in [5.41, 5.74) is 0. The molecule has 0 fully saturated rings. The van der Waals surface area contributed by atoms with Crippen LogP contribution < -0.4 is 4.57 Å². The fraction of sp³-hybridized carbons (Fsp3) is 0.500. The molecule has 1 unspecified atom stereocenters. The third-order valence-electron chi connectivity index (χ3n) is 1.53. The predicted molar refractivity (Wildman–Crippen MR) is 40.4 cm³/mol. The maximum Gasteiger partial charge on any atom is 0.243 e. The molecule has 3 nitrogen and oxygen atoms in total. The number of hydrogen-bond acceptors (Lipinski definition) is 1. The molecule has 0 amide bonds. The SMILES string of the molecule is CC(C#N)Cn1cc[n+](C)c1. The molecule has 0 radical (unpaired) electrons. The summed E-state index contributed by atoms with van der Waals surface area (Å²) in [5, 5.41) is 8.53. The summed E-state index contributed by atoms with van der Waals surface area (Å²) in [6.07, 6.45) is 5.89. The van der Waals surface area contributed by atoms with E-state index in [-0.39, 0.29) is 5.92 Å². The lowest BCUT2D eigenvalue weighted by molar-refractivity contribution is -0.671. The molecule has 0 aromatic carbocycles. The topological polar surface area (TPSA) is 32.6 Å². The number of aromatic nitrogens is 2. The van der Waals surface area contributed by atoms with Crippen molar-refractivity contribution in [2.45, 2.75) is 13.5 Å². The van der Waals surface area contributed by atoms with Gasteiger partial charge in [0.25, 0.3) is 0 Å². The van der Waals surface area contributed by atoms with Crippen LogP contribution in [0.1, 0.15) is 6.92 Å². The second kappa shape index (κ2) is 3.20. The minimum atomic E-state index is 0.0856. The molecule has 0 aliphatic heterocycles. The number of aryl methyl sites for hydroxylation is 1. The van der Waals surface area contributed by atoms with E-state index in [0.717, 1.165) is 6.54 Å². The molecule has 1 heterocycles. The van der Waals surface area contributed by atoms with Crippen LogP contribution in [0, 0.1) is 17.2 Å². The average molecular weight is 150 g/mol. The highest BCUT2D eigenvalue weighted by molar-refractivity contribution is 4.80. The first-order valence-electron chi connectivity index (χ1n) is 3.63. The number of hydrogen-bond donors (Lipinski definition) is 0. The van der Waals surface area contributed by atoms with Crippen LogP contribution >= 0.6 is 0 Å². The van der Waals surface area contributed by atoms with Crippen LogP contribution in [0.3, 0.4) is 0 Å². The van der Waals surface area contributed by atoms with Gasteiger partial charge in [0.15, 0.2) is 0 Å². The molecular weight excluding hydrogens is 138 g/mol. The predicted octanol–water partition coefficient (Wildman–Crippen LogP) is 0.472. The molecule has 1 rings (SSSR count). The minimum Gasteiger partial charge on any atom is -0.240 e. The summed E-state index contributed by atoms with van der Waals surface area (Å²) in [6.45, 7) is 2.69. The van der Waals surface area contributed by atoms with Gasteiger partial charge in [-0.25, -0.2) is 9.13 Å². The van der Waals surface area contributed by atoms with Crippen molar-refractivity contribution < 1.29 is 4.57 Å². The van der Waals surface area contributed by atoms with E-state index in [0.29, 0.717) is 0 Å². The molecule has 0 saturated heterocycles. The van der Waals surface area contributed by atoms with Crippen molar-refractivity contribution in [2.75, 3.05) is 0 Å². The van der Waals surface area contributed by atoms with Crippen molar-refractivity contribution in [3.63, 3.8) is 0 Å². The third-order valence-corrected chi connectivity index (χ3v) is 1.53. The molecule has 1 aromatic rings. The number of rotatable bonds is 2. The molecule has 1 aromatic heterocycles. The highest BCUT2D eigenvalue weighted by Gasteiger charge is 2.05. The van der Waals surface area contributed by atoms with Gasteiger partial charge in [-0.05, 0) is 6.92 Å². The lowest BCUT2D eigenvalue weighted by atomic mass is 10.2. The second-order valence-electron chi connectivity index (χ2n) is 2.81. The van der Waals surface area contributed by atoms with Gasteiger partial charge >= 0.3 is 0 Å². The van der Waals surface area contributed by atoms with E-state index in [1.807, 2.05) is 41.8 Å². The molecular formula is C8H12N3+. The zero-order valence-corrected chi connectivity index (χ0v) is 6.86. The van der Waals surface area contributed by atoms with E-state index in [2.05, 4.69) is 6.07 Å². The van der Waals surface area contributed by atoms with E-state index in [1.165, 1.54) is 0 Å². The smallest absolute Gasteiger partial charge is 0.240 e. The van der Waals surface area contributed by atoms with E-state index >= 15 is 0 Å². The molecule has 0 spiro atoms. The summed E-state index contributed by atoms with van der Waals surface area (Å²) < 4.78 is 3.97. The molecule has 0 aliphatic rings. The Kier molecular flexibility index (Phi) is 2.27. The largest absolute Gasteiger partial charge is 0.243 e. The number of nitriles is 1. The summed E-state index contributed by atoms with van der Waals surface area (Å²) >= 11 is 0. The first-order chi connectivity index (χ1) is 5.22. The highest BCUT2D eigenvalue weighted by Crippen LogP contribution is 1.96. The van der Waals surface area contributed by atoms with Crippen LogP contribution in [0.2, 0.25) is 0 Å². The maximum absolute atomic E-state index is 8.53. The van der Waals surface area contributed by atoms with E-state index in [1.54, 1.807) is 0 Å². The van der Waals surface area contributed by atoms with E-state index in [4.69, 9.17) is 5.26 Å². The van der Waals surface area contributed by atoms with E-state index < -0.39 is 0 Å². The van der Waals surface area contributed by atoms with Crippen LogP contribution in [0.4, 0.5) is 0 Å². The van der Waals surface area contributed by atoms with Gasteiger partial charge in [-0.2, -0.15) is 5.26 Å². The lowest BCUT2D eigenvalue weighted by Gasteiger charge is -1.95. The standard InChI is InChI=1S/C8H12N3/c1-8(5-9)6-11-4-3-10(2)7-11/h3-4,7-8H,6H2,1-2H3/q+1. The third kappa shape index (κ3) is 2.08. The Morgan fingerprint density at radius 2 is 2.45 bits per heavy atom. The van der Waals surface area contributed by atoms with Gasteiger partial charge in [0.2, 0.25) is 6.33 Å². The summed E-state index contributed by atoms with van der Waals surface area (Å²) in [5.74, 6) is 0.0856. The Bertz CT molecular complexity index is 269. The first kappa shape index (κ1) is 7.80. The van der Waals surface area contributed by atoms with Crippen molar-refractivity contribution >= 4 is 0 Å². The Morgan fingerprint density at radius 3 is 2.91 bits per heavy atom. The molecule has 0 N–H and O–H groups in total. The molecule has 3 heteroatoms. The summed E-state index contributed by atoms with van der Waals surface area (Å²) in [6, 6.07) is 2.19. The van der Waals surface area contributed by atoms with Gasteiger partial charge in [0, 0.05) is 0 Å². The van der Waals surface area contributed by atoms with Crippen molar-refractivity contribution in [1.82, 2.24) is 4.57 Å². The van der Waals surface area contributed by atoms with Gasteiger partial charge in [0.05, 0.1) is 19.0 Å². The Hall–Kier alpha value is -1.30. The van der Waals surface area contributed by atoms with Crippen LogP contribution in [0.25, 0.3) is 0 Å². The van der Waals surface area contributed by atoms with Gasteiger partial charge in [0.1, 0.15) is 18.9 Å². The fourth-order valence-corrected chi connectivity index (χ4v) is 0.967. The fourth-order valence-electron chi connectivity index (χ4n) is 0.967. The van der Waals surface area contributed by atoms with Crippen LogP contribution in [0.5, 0.6) is 0 Å². The molecule has 0 bridgehead atoms. The van der Waals surface area contributed by atoms with Gasteiger partial charge in [-0.3, -0.25) is 0 Å². The lowest BCUT2D eigenvalue weighted by Crippen LogP contribution is -2.24. The van der Waals surface area contributed by atoms with Crippen molar-refractivity contribution in [1.29, 1.82) is 5.26 Å². The van der Waals surface area contributed by atoms with Crippen LogP contribution in [-0.4, -0.2) is 4.57 Å². The quantitative estimate of drug-likeness (QED) is 0.564. The second-order valence-corrected chi connectivity index (χ2v) is 2.81. The Labute approximate surface area is 66.5 Å². The van der Waals surface area contributed by atoms with E-state index in [9.17, 15) is 0 Å². The molecule has 58 valence electrons. The normalized spacial score (nSPS) is 12.5. The minimum absolute atomic E-state index is 0.0856. The Morgan fingerprint density at radius 1 is 1.73 bits per heavy atom. The van der Waals surface area contributed by atoms with Crippen LogP contribution in [0.15, 0.2) is 18.7 Å². The maximum atomic E-state index is 8.53. The summed E-state index contributed by atoms with van der Waals surface area (Å²) in [4.78, 5) is 0. The van der Waals surface area contributed by atoms with Gasteiger partial charge in [-0.15, -0.1) is 0 Å². The van der Waals surface area contributed by atoms with Crippen molar-refractivity contribution in [2.24, 2.45) is 13.0 Å². The van der Waals surface area contributed by atoms with Gasteiger partial charge < -0.3 is 0 Å². The number of imidazole rings is 1. The highest BCUT2D eigenvalue weighted by atomic mass is 15.1. The van der Waals surface area contributed by atoms with Gasteiger partial charge in [-0.1, -0.05) is 0 Å². The number of nitrogens with zero attached hydrogens (tertiary/aromatic N) is 3. The van der Waals surface area contributed by atoms with Crippen molar-refractivity contribution in [3.05, 3.63) is 18.7 Å². The zero-order chi connectivity index (χ0) is 8.27. The van der Waals surface area contributed by atoms with Crippen molar-refractivity contribution in [3.8, 4) is 6.07 Å². The van der Waals surface area contributed by atoms with Crippen LogP contribution in [-0.2, 0) is 13.6 Å². The molecule has 0 saturated carbocycles. The Balaban J connectivity index is 2.59. The molecule has 0 aliphatic carbocycles. The average Bonchev–Trinajstić information content (AvgIpc) is 2.35. The first-order valence-corrected chi connectivity index (χ1v) is 3.63. The molecule has 1 atom stereocenters. The monoisotopic (exact) mass is 150 g/mol. The zero-order valence-electron chi connectivity index (χ0n) is 6.86. The molecule has 11 heavy (non-hydrogen) atoms.